The summed E-state index contributed by atoms with van der Waals surface area (Å²) in [5, 5.41) is 9.15. The molecule has 1 heterocycles. The third kappa shape index (κ3) is 1.94. The number of imidazole rings is 1. The number of ketones is 1. The third-order valence-electron chi connectivity index (χ3n) is 4.74. The highest BCUT2D eigenvalue weighted by Crippen LogP contribution is 2.41. The Balaban J connectivity index is 1.73. The summed E-state index contributed by atoms with van der Waals surface area (Å²) in [5.74, 6) is -0.451. The Bertz CT molecular complexity index is 1240. The highest BCUT2D eigenvalue weighted by Gasteiger charge is 2.29. The zero-order valence-electron chi connectivity index (χ0n) is 13.5. The standard InChI is InChI=1S/C21H12N2O3/c24-19-14-5-2-1-4-12(14)13-6-3-7-15(18(13)19)20-22-16-9-8-11(21(25)26)10-17(16)23-20/h1-10H,(H,22,23)(H,25,26). The van der Waals surface area contributed by atoms with E-state index in [-0.39, 0.29) is 11.3 Å². The molecule has 0 aliphatic heterocycles. The molecule has 124 valence electrons. The van der Waals surface area contributed by atoms with E-state index in [2.05, 4.69) is 9.97 Å². The Morgan fingerprint density at radius 2 is 1.62 bits per heavy atom. The molecule has 5 nitrogen and oxygen atoms in total. The lowest BCUT2D eigenvalue weighted by atomic mass is 10.0. The van der Waals surface area contributed by atoms with E-state index >= 15 is 0 Å². The second-order valence-corrected chi connectivity index (χ2v) is 6.23. The Morgan fingerprint density at radius 1 is 0.885 bits per heavy atom. The molecule has 1 aliphatic rings. The number of hydrogen-bond acceptors (Lipinski definition) is 3. The number of benzene rings is 3. The molecule has 4 aromatic rings. The number of fused-ring (bicyclic) bond motifs is 4. The van der Waals surface area contributed by atoms with Crippen molar-refractivity contribution < 1.29 is 14.7 Å². The molecular formula is C21H12N2O3. The van der Waals surface area contributed by atoms with Crippen LogP contribution >= 0.6 is 0 Å². The van der Waals surface area contributed by atoms with Crippen molar-refractivity contribution in [2.75, 3.05) is 0 Å². The minimum absolute atomic E-state index is 0.0159. The molecule has 1 aromatic heterocycles. The van der Waals surface area contributed by atoms with Gasteiger partial charge in [0, 0.05) is 16.7 Å². The van der Waals surface area contributed by atoms with E-state index in [1.54, 1.807) is 12.1 Å². The average Bonchev–Trinajstić information content (AvgIpc) is 3.21. The molecule has 0 spiro atoms. The van der Waals surface area contributed by atoms with E-state index in [0.29, 0.717) is 28.0 Å². The monoisotopic (exact) mass is 340 g/mol. The first-order chi connectivity index (χ1) is 12.6. The van der Waals surface area contributed by atoms with Crippen molar-refractivity contribution >= 4 is 22.8 Å². The molecule has 5 rings (SSSR count). The van der Waals surface area contributed by atoms with Crippen LogP contribution in [0.25, 0.3) is 33.5 Å². The number of H-pyrrole nitrogens is 1. The van der Waals surface area contributed by atoms with E-state index in [4.69, 9.17) is 5.11 Å². The zero-order chi connectivity index (χ0) is 17.8. The number of aromatic amines is 1. The quantitative estimate of drug-likeness (QED) is 0.506. The van der Waals surface area contributed by atoms with Gasteiger partial charge in [0.15, 0.2) is 5.78 Å². The molecule has 0 radical (unpaired) electrons. The van der Waals surface area contributed by atoms with Crippen LogP contribution in [-0.2, 0) is 0 Å². The predicted molar refractivity (Wildman–Crippen MR) is 97.4 cm³/mol. The Kier molecular flexibility index (Phi) is 2.88. The van der Waals surface area contributed by atoms with Gasteiger partial charge in [-0.1, -0.05) is 42.5 Å². The highest BCUT2D eigenvalue weighted by molar-refractivity contribution is 6.24. The van der Waals surface area contributed by atoms with Gasteiger partial charge in [-0.15, -0.1) is 0 Å². The zero-order valence-corrected chi connectivity index (χ0v) is 13.5. The van der Waals surface area contributed by atoms with Crippen LogP contribution < -0.4 is 0 Å². The van der Waals surface area contributed by atoms with Gasteiger partial charge in [0.25, 0.3) is 0 Å². The maximum absolute atomic E-state index is 12.9. The van der Waals surface area contributed by atoms with Crippen LogP contribution in [0, 0.1) is 0 Å². The molecule has 0 bridgehead atoms. The van der Waals surface area contributed by atoms with Crippen molar-refractivity contribution in [1.29, 1.82) is 0 Å². The fraction of sp³-hybridized carbons (Fsp3) is 0. The maximum atomic E-state index is 12.9. The summed E-state index contributed by atoms with van der Waals surface area (Å²) in [6.45, 7) is 0. The van der Waals surface area contributed by atoms with Crippen LogP contribution in [0.15, 0.2) is 60.7 Å². The topological polar surface area (TPSA) is 83.0 Å². The van der Waals surface area contributed by atoms with E-state index in [1.807, 2.05) is 42.5 Å². The SMILES string of the molecule is O=C(O)c1ccc2nc(-c3cccc4c3C(=O)c3ccccc3-4)[nH]c2c1. The number of nitrogens with one attached hydrogen (secondary N) is 1. The summed E-state index contributed by atoms with van der Waals surface area (Å²) in [7, 11) is 0. The summed E-state index contributed by atoms with van der Waals surface area (Å²) in [4.78, 5) is 31.8. The van der Waals surface area contributed by atoms with E-state index in [9.17, 15) is 9.59 Å². The molecule has 26 heavy (non-hydrogen) atoms. The number of aromatic nitrogens is 2. The fourth-order valence-corrected chi connectivity index (χ4v) is 3.54. The number of nitrogens with zero attached hydrogens (tertiary/aromatic N) is 1. The lowest BCUT2D eigenvalue weighted by molar-refractivity contribution is 0.0697. The van der Waals surface area contributed by atoms with Gasteiger partial charge in [-0.3, -0.25) is 4.79 Å². The van der Waals surface area contributed by atoms with Gasteiger partial charge in [0.1, 0.15) is 5.82 Å². The molecule has 0 saturated carbocycles. The highest BCUT2D eigenvalue weighted by atomic mass is 16.4. The summed E-state index contributed by atoms with van der Waals surface area (Å²) in [5.41, 5.74) is 5.34. The van der Waals surface area contributed by atoms with Crippen molar-refractivity contribution in [3.05, 3.63) is 77.4 Å². The first-order valence-corrected chi connectivity index (χ1v) is 8.14. The fourth-order valence-electron chi connectivity index (χ4n) is 3.54. The van der Waals surface area contributed by atoms with E-state index in [1.165, 1.54) is 6.07 Å². The minimum Gasteiger partial charge on any atom is -0.478 e. The van der Waals surface area contributed by atoms with E-state index in [0.717, 1.165) is 16.7 Å². The second kappa shape index (κ2) is 5.13. The Hall–Kier alpha value is -3.73. The third-order valence-corrected chi connectivity index (χ3v) is 4.74. The molecule has 0 unspecified atom stereocenters. The average molecular weight is 340 g/mol. The van der Waals surface area contributed by atoms with Crippen LogP contribution in [0.5, 0.6) is 0 Å². The van der Waals surface area contributed by atoms with Crippen molar-refractivity contribution in [2.24, 2.45) is 0 Å². The molecular weight excluding hydrogens is 328 g/mol. The number of aromatic carboxylic acids is 1. The first kappa shape index (κ1) is 14.6. The molecule has 3 aromatic carbocycles. The molecule has 2 N–H and O–H groups in total. The number of hydrogen-bond donors (Lipinski definition) is 2. The van der Waals surface area contributed by atoms with Gasteiger partial charge in [0.2, 0.25) is 0 Å². The molecule has 0 saturated heterocycles. The number of carbonyl (C=O) groups is 2. The predicted octanol–water partition coefficient (Wildman–Crippen LogP) is 4.14. The van der Waals surface area contributed by atoms with Crippen LogP contribution in [0.4, 0.5) is 0 Å². The Labute approximate surface area is 147 Å². The number of rotatable bonds is 2. The van der Waals surface area contributed by atoms with Gasteiger partial charge < -0.3 is 10.1 Å². The number of carbonyl (C=O) groups excluding carboxylic acids is 1. The summed E-state index contributed by atoms with van der Waals surface area (Å²) >= 11 is 0. The lowest BCUT2D eigenvalue weighted by Gasteiger charge is -2.04. The van der Waals surface area contributed by atoms with Crippen LogP contribution in [0.1, 0.15) is 26.3 Å². The van der Waals surface area contributed by atoms with Crippen molar-refractivity contribution in [3.63, 3.8) is 0 Å². The van der Waals surface area contributed by atoms with Crippen LogP contribution in [-0.4, -0.2) is 26.8 Å². The van der Waals surface area contributed by atoms with Gasteiger partial charge in [0.05, 0.1) is 16.6 Å². The van der Waals surface area contributed by atoms with Gasteiger partial charge in [-0.25, -0.2) is 9.78 Å². The van der Waals surface area contributed by atoms with E-state index < -0.39 is 5.97 Å². The normalized spacial score (nSPS) is 12.2. The van der Waals surface area contributed by atoms with Crippen molar-refractivity contribution in [2.45, 2.75) is 0 Å². The van der Waals surface area contributed by atoms with Gasteiger partial charge in [-0.05, 0) is 29.3 Å². The van der Waals surface area contributed by atoms with Gasteiger partial charge in [-0.2, -0.15) is 0 Å². The first-order valence-electron chi connectivity index (χ1n) is 8.14. The van der Waals surface area contributed by atoms with Crippen molar-refractivity contribution in [1.82, 2.24) is 9.97 Å². The molecule has 5 heteroatoms. The summed E-state index contributed by atoms with van der Waals surface area (Å²) in [6, 6.07) is 18.0. The number of carboxylic acid groups (broad SMARTS) is 1. The van der Waals surface area contributed by atoms with Crippen molar-refractivity contribution in [3.8, 4) is 22.5 Å². The molecule has 0 atom stereocenters. The number of carboxylic acids is 1. The summed E-state index contributed by atoms with van der Waals surface area (Å²) in [6.07, 6.45) is 0. The lowest BCUT2D eigenvalue weighted by Crippen LogP contribution is -1.98. The van der Waals surface area contributed by atoms with Crippen LogP contribution in [0.3, 0.4) is 0 Å². The minimum atomic E-state index is -0.991. The molecule has 0 amide bonds. The van der Waals surface area contributed by atoms with Gasteiger partial charge >= 0.3 is 5.97 Å². The largest absolute Gasteiger partial charge is 0.478 e. The molecule has 0 fully saturated rings. The smallest absolute Gasteiger partial charge is 0.335 e. The maximum Gasteiger partial charge on any atom is 0.335 e. The van der Waals surface area contributed by atoms with Crippen LogP contribution in [0.2, 0.25) is 0 Å². The summed E-state index contributed by atoms with van der Waals surface area (Å²) < 4.78 is 0. The second-order valence-electron chi connectivity index (χ2n) is 6.23. The Morgan fingerprint density at radius 3 is 2.42 bits per heavy atom. The molecule has 1 aliphatic carbocycles.